The van der Waals surface area contributed by atoms with Crippen LogP contribution in [-0.4, -0.2) is 51.1 Å². The second-order valence-electron chi connectivity index (χ2n) is 7.12. The molecule has 2 aromatic heterocycles. The highest BCUT2D eigenvalue weighted by Crippen LogP contribution is 2.31. The van der Waals surface area contributed by atoms with Crippen molar-refractivity contribution in [1.82, 2.24) is 19.6 Å². The Hall–Kier alpha value is -2.57. The van der Waals surface area contributed by atoms with Crippen molar-refractivity contribution >= 4 is 40.5 Å². The number of hydrogen-bond acceptors (Lipinski definition) is 3. The summed E-state index contributed by atoms with van der Waals surface area (Å²) in [5.41, 5.74) is 2.40. The van der Waals surface area contributed by atoms with Gasteiger partial charge in [-0.3, -0.25) is 9.59 Å². The highest BCUT2D eigenvalue weighted by Gasteiger charge is 2.34. The van der Waals surface area contributed by atoms with Crippen molar-refractivity contribution in [3.63, 3.8) is 0 Å². The number of likely N-dealkylation sites (tertiary alicyclic amines) is 1. The molecule has 0 bridgehead atoms. The van der Waals surface area contributed by atoms with Gasteiger partial charge in [0.2, 0.25) is 5.91 Å². The minimum Gasteiger partial charge on any atom is -0.350 e. The number of rotatable bonds is 4. The normalized spacial score (nSPS) is 19.3. The molecule has 2 atom stereocenters. The van der Waals surface area contributed by atoms with Gasteiger partial charge in [-0.1, -0.05) is 23.7 Å². The van der Waals surface area contributed by atoms with Crippen LogP contribution >= 0.6 is 23.2 Å². The summed E-state index contributed by atoms with van der Waals surface area (Å²) >= 11 is 11.9. The molecule has 0 saturated carbocycles. The Labute approximate surface area is 178 Å². The second kappa shape index (κ2) is 8.43. The van der Waals surface area contributed by atoms with Gasteiger partial charge in [-0.25, -0.2) is 4.98 Å². The second-order valence-corrected chi connectivity index (χ2v) is 7.82. The maximum Gasteiger partial charge on any atom is 0.256 e. The first-order valence-electron chi connectivity index (χ1n) is 9.37. The van der Waals surface area contributed by atoms with Crippen molar-refractivity contribution in [2.75, 3.05) is 19.0 Å². The van der Waals surface area contributed by atoms with Crippen LogP contribution < -0.4 is 5.32 Å². The average molecular weight is 431 g/mol. The molecule has 2 amide bonds. The van der Waals surface area contributed by atoms with Gasteiger partial charge in [0.05, 0.1) is 29.6 Å². The molecule has 1 N–H and O–H groups in total. The van der Waals surface area contributed by atoms with Crippen molar-refractivity contribution in [3.05, 3.63) is 71.3 Å². The summed E-state index contributed by atoms with van der Waals surface area (Å²) in [5.74, 6) is -0.403. The fourth-order valence-electron chi connectivity index (χ4n) is 3.96. The van der Waals surface area contributed by atoms with Crippen molar-refractivity contribution in [2.45, 2.75) is 18.4 Å². The predicted molar refractivity (Wildman–Crippen MR) is 113 cm³/mol. The highest BCUT2D eigenvalue weighted by molar-refractivity contribution is 6.30. The number of pyridine rings is 1. The van der Waals surface area contributed by atoms with Crippen LogP contribution in [0.5, 0.6) is 0 Å². The number of piperidine rings is 1. The molecule has 0 radical (unpaired) electrons. The summed E-state index contributed by atoms with van der Waals surface area (Å²) in [6, 6.07) is 11.0. The number of aromatic nitrogens is 2. The zero-order valence-electron chi connectivity index (χ0n) is 15.6. The van der Waals surface area contributed by atoms with Crippen LogP contribution in [0.15, 0.2) is 55.1 Å². The molecule has 3 aromatic rings. The van der Waals surface area contributed by atoms with Crippen LogP contribution in [0.3, 0.4) is 0 Å². The number of imidazole rings is 1. The molecule has 29 heavy (non-hydrogen) atoms. The summed E-state index contributed by atoms with van der Waals surface area (Å²) in [5, 5.41) is 3.63. The monoisotopic (exact) mass is 430 g/mol. The van der Waals surface area contributed by atoms with E-state index in [9.17, 15) is 9.59 Å². The number of nitrogens with zero attached hydrogens (tertiary/aromatic N) is 3. The van der Waals surface area contributed by atoms with Crippen LogP contribution in [0.25, 0.3) is 5.52 Å². The smallest absolute Gasteiger partial charge is 0.256 e. The average Bonchev–Trinajstić information content (AvgIpc) is 3.22. The minimum atomic E-state index is -0.254. The number of benzene rings is 1. The molecule has 1 aliphatic rings. The highest BCUT2D eigenvalue weighted by atomic mass is 35.5. The Kier molecular flexibility index (Phi) is 5.74. The summed E-state index contributed by atoms with van der Waals surface area (Å²) in [6.07, 6.45) is 5.91. The molecular weight excluding hydrogens is 411 g/mol. The number of hydrogen-bond donors (Lipinski definition) is 1. The van der Waals surface area contributed by atoms with E-state index in [-0.39, 0.29) is 29.7 Å². The van der Waals surface area contributed by atoms with Gasteiger partial charge in [0, 0.05) is 30.2 Å². The van der Waals surface area contributed by atoms with Crippen LogP contribution in [0.4, 0.5) is 0 Å². The van der Waals surface area contributed by atoms with E-state index >= 15 is 0 Å². The summed E-state index contributed by atoms with van der Waals surface area (Å²) < 4.78 is 1.82. The van der Waals surface area contributed by atoms with Crippen LogP contribution in [0.2, 0.25) is 5.02 Å². The van der Waals surface area contributed by atoms with Crippen molar-refractivity contribution in [3.8, 4) is 0 Å². The van der Waals surface area contributed by atoms with Gasteiger partial charge in [-0.2, -0.15) is 0 Å². The van der Waals surface area contributed by atoms with Gasteiger partial charge in [0.1, 0.15) is 5.88 Å². The molecule has 3 heterocycles. The third kappa shape index (κ3) is 4.09. The number of carbonyl (C=O) groups is 2. The van der Waals surface area contributed by atoms with Crippen LogP contribution in [0, 0.1) is 0 Å². The third-order valence-corrected chi connectivity index (χ3v) is 5.80. The van der Waals surface area contributed by atoms with Crippen molar-refractivity contribution in [1.29, 1.82) is 0 Å². The molecule has 1 aromatic carbocycles. The van der Waals surface area contributed by atoms with Gasteiger partial charge < -0.3 is 14.6 Å². The van der Waals surface area contributed by atoms with Crippen molar-refractivity contribution in [2.24, 2.45) is 0 Å². The fourth-order valence-corrected chi connectivity index (χ4v) is 4.24. The number of fused-ring (bicyclic) bond motifs is 1. The first-order chi connectivity index (χ1) is 14.1. The maximum absolute atomic E-state index is 13.2. The Balaban J connectivity index is 1.60. The minimum absolute atomic E-state index is 0.0516. The molecule has 0 spiro atoms. The number of nitrogens with one attached hydrogen (secondary N) is 1. The SMILES string of the molecule is O=C(CCl)N[C@@H]1CN(C(=O)c2cccn3cncc23)CC[C@H]1c1cccc(Cl)c1. The Morgan fingerprint density at radius 2 is 2.10 bits per heavy atom. The molecule has 150 valence electrons. The predicted octanol–water partition coefficient (Wildman–Crippen LogP) is 3.34. The molecule has 4 rings (SSSR count). The lowest BCUT2D eigenvalue weighted by Gasteiger charge is -2.39. The Morgan fingerprint density at radius 3 is 2.90 bits per heavy atom. The molecule has 1 fully saturated rings. The zero-order chi connectivity index (χ0) is 20.4. The van der Waals surface area contributed by atoms with Gasteiger partial charge in [0.15, 0.2) is 0 Å². The summed E-state index contributed by atoms with van der Waals surface area (Å²) in [6.45, 7) is 0.978. The lowest BCUT2D eigenvalue weighted by Crippen LogP contribution is -2.53. The van der Waals surface area contributed by atoms with Gasteiger partial charge in [-0.05, 0) is 36.2 Å². The molecule has 0 aliphatic carbocycles. The molecule has 1 aliphatic heterocycles. The third-order valence-electron chi connectivity index (χ3n) is 5.33. The van der Waals surface area contributed by atoms with Gasteiger partial charge in [-0.15, -0.1) is 11.6 Å². The molecule has 0 unspecified atom stereocenters. The first-order valence-corrected chi connectivity index (χ1v) is 10.3. The maximum atomic E-state index is 13.2. The van der Waals surface area contributed by atoms with E-state index in [0.29, 0.717) is 30.1 Å². The largest absolute Gasteiger partial charge is 0.350 e. The summed E-state index contributed by atoms with van der Waals surface area (Å²) in [4.78, 5) is 31.2. The van der Waals surface area contributed by atoms with Crippen LogP contribution in [0.1, 0.15) is 28.3 Å². The van der Waals surface area contributed by atoms with E-state index in [0.717, 1.165) is 11.1 Å². The standard InChI is InChI=1S/C21H20Cl2N4O2/c22-10-20(28)25-18-12-26(8-6-16(18)14-3-1-4-15(23)9-14)21(29)17-5-2-7-27-13-24-11-19(17)27/h1-5,7,9,11,13,16,18H,6,8,10,12H2,(H,25,28)/t16-,18+/m0/s1. The van der Waals surface area contributed by atoms with Crippen LogP contribution in [-0.2, 0) is 4.79 Å². The molecule has 1 saturated heterocycles. The summed E-state index contributed by atoms with van der Waals surface area (Å²) in [7, 11) is 0. The Bertz CT molecular complexity index is 1050. The van der Waals surface area contributed by atoms with E-state index in [1.54, 1.807) is 23.5 Å². The molecule has 8 heteroatoms. The lowest BCUT2D eigenvalue weighted by molar-refractivity contribution is -0.119. The number of amides is 2. The lowest BCUT2D eigenvalue weighted by atomic mass is 9.85. The molecular formula is C21H20Cl2N4O2. The van der Waals surface area contributed by atoms with Gasteiger partial charge in [0.25, 0.3) is 5.91 Å². The number of alkyl halides is 1. The topological polar surface area (TPSA) is 66.7 Å². The van der Waals surface area contributed by atoms with E-state index in [1.807, 2.05) is 40.9 Å². The van der Waals surface area contributed by atoms with Crippen molar-refractivity contribution < 1.29 is 9.59 Å². The van der Waals surface area contributed by atoms with E-state index in [4.69, 9.17) is 23.2 Å². The van der Waals surface area contributed by atoms with E-state index in [2.05, 4.69) is 10.3 Å². The van der Waals surface area contributed by atoms with E-state index < -0.39 is 0 Å². The quantitative estimate of drug-likeness (QED) is 0.645. The molecule has 6 nitrogen and oxygen atoms in total. The fraction of sp³-hybridized carbons (Fsp3) is 0.286. The van der Waals surface area contributed by atoms with Gasteiger partial charge >= 0.3 is 0 Å². The number of carbonyl (C=O) groups excluding carboxylic acids is 2. The zero-order valence-corrected chi connectivity index (χ0v) is 17.1. The van der Waals surface area contributed by atoms with E-state index in [1.165, 1.54) is 0 Å². The number of halogens is 2. The Morgan fingerprint density at radius 1 is 1.24 bits per heavy atom. The first kappa shape index (κ1) is 19.7.